The molecule has 0 radical (unpaired) electrons. The third-order valence-corrected chi connectivity index (χ3v) is 11.5. The number of furan rings is 1. The van der Waals surface area contributed by atoms with E-state index < -0.39 is 5.41 Å². The molecule has 0 amide bonds. The summed E-state index contributed by atoms with van der Waals surface area (Å²) in [4.78, 5) is 0. The lowest BCUT2D eigenvalue weighted by Gasteiger charge is -2.39. The van der Waals surface area contributed by atoms with Crippen LogP contribution in [0, 0.1) is 0 Å². The van der Waals surface area contributed by atoms with E-state index in [1.165, 1.54) is 55.3 Å². The molecule has 2 aliphatic rings. The fourth-order valence-corrected chi connectivity index (χ4v) is 9.36. The molecule has 2 aromatic heterocycles. The van der Waals surface area contributed by atoms with Crippen molar-refractivity contribution in [3.05, 3.63) is 198 Å². The van der Waals surface area contributed by atoms with Crippen molar-refractivity contribution in [2.45, 2.75) is 5.41 Å². The van der Waals surface area contributed by atoms with Crippen LogP contribution in [0.1, 0.15) is 22.3 Å². The molecular formula is C49H29NO2. The first-order valence-corrected chi connectivity index (χ1v) is 17.8. The lowest BCUT2D eigenvalue weighted by atomic mass is 9.66. The van der Waals surface area contributed by atoms with Gasteiger partial charge in [0.25, 0.3) is 0 Å². The molecule has 3 heteroatoms. The molecule has 242 valence electrons. The summed E-state index contributed by atoms with van der Waals surface area (Å²) >= 11 is 0. The highest BCUT2D eigenvalue weighted by atomic mass is 16.5. The average Bonchev–Trinajstić information content (AvgIpc) is 3.85. The molecule has 52 heavy (non-hydrogen) atoms. The lowest BCUT2D eigenvalue weighted by molar-refractivity contribution is 0.436. The van der Waals surface area contributed by atoms with Crippen LogP contribution >= 0.6 is 0 Å². The van der Waals surface area contributed by atoms with Crippen LogP contribution in [0.3, 0.4) is 0 Å². The summed E-state index contributed by atoms with van der Waals surface area (Å²) in [6.07, 6.45) is 0. The third kappa shape index (κ3) is 3.49. The van der Waals surface area contributed by atoms with Crippen LogP contribution in [-0.2, 0) is 5.41 Å². The Morgan fingerprint density at radius 2 is 1.02 bits per heavy atom. The molecule has 1 spiro atoms. The molecule has 3 heterocycles. The molecule has 0 bridgehead atoms. The van der Waals surface area contributed by atoms with Crippen LogP contribution in [0.5, 0.6) is 11.5 Å². The monoisotopic (exact) mass is 663 g/mol. The molecule has 10 aromatic rings. The minimum atomic E-state index is -0.467. The number of hydrogen-bond acceptors (Lipinski definition) is 2. The van der Waals surface area contributed by atoms with Gasteiger partial charge in [-0.3, -0.25) is 0 Å². The first-order valence-electron chi connectivity index (χ1n) is 17.8. The summed E-state index contributed by atoms with van der Waals surface area (Å²) < 4.78 is 15.4. The normalized spacial score (nSPS) is 13.7. The smallest absolute Gasteiger partial charge is 0.159 e. The Morgan fingerprint density at radius 3 is 1.87 bits per heavy atom. The maximum Gasteiger partial charge on any atom is 0.159 e. The van der Waals surface area contributed by atoms with Crippen molar-refractivity contribution >= 4 is 43.7 Å². The van der Waals surface area contributed by atoms with E-state index in [-0.39, 0.29) is 0 Å². The molecule has 1 aliphatic heterocycles. The van der Waals surface area contributed by atoms with E-state index in [9.17, 15) is 0 Å². The van der Waals surface area contributed by atoms with Gasteiger partial charge in [0.05, 0.1) is 22.1 Å². The van der Waals surface area contributed by atoms with Gasteiger partial charge in [-0.05, 0) is 81.9 Å². The topological polar surface area (TPSA) is 27.3 Å². The zero-order valence-electron chi connectivity index (χ0n) is 28.0. The number of ether oxygens (including phenoxy) is 1. The fraction of sp³-hybridized carbons (Fsp3) is 0.0204. The maximum atomic E-state index is 6.53. The van der Waals surface area contributed by atoms with Gasteiger partial charge in [-0.15, -0.1) is 0 Å². The molecule has 3 nitrogen and oxygen atoms in total. The van der Waals surface area contributed by atoms with Crippen molar-refractivity contribution in [2.24, 2.45) is 0 Å². The van der Waals surface area contributed by atoms with Gasteiger partial charge in [-0.2, -0.15) is 0 Å². The molecule has 0 unspecified atom stereocenters. The van der Waals surface area contributed by atoms with Gasteiger partial charge in [-0.25, -0.2) is 0 Å². The summed E-state index contributed by atoms with van der Waals surface area (Å²) in [5, 5.41) is 4.69. The van der Waals surface area contributed by atoms with Gasteiger partial charge in [0.1, 0.15) is 17.1 Å². The molecule has 0 saturated heterocycles. The average molecular weight is 664 g/mol. The summed E-state index contributed by atoms with van der Waals surface area (Å²) in [5.74, 6) is 1.82. The largest absolute Gasteiger partial charge is 0.457 e. The van der Waals surface area contributed by atoms with Crippen molar-refractivity contribution in [2.75, 3.05) is 0 Å². The quantitative estimate of drug-likeness (QED) is 0.184. The number of hydrogen-bond donors (Lipinski definition) is 0. The van der Waals surface area contributed by atoms with Crippen molar-refractivity contribution in [1.29, 1.82) is 0 Å². The highest BCUT2D eigenvalue weighted by Gasteiger charge is 2.50. The Kier molecular flexibility index (Phi) is 5.43. The van der Waals surface area contributed by atoms with Crippen molar-refractivity contribution < 1.29 is 9.15 Å². The Balaban J connectivity index is 1.08. The van der Waals surface area contributed by atoms with Gasteiger partial charge in [0.15, 0.2) is 5.58 Å². The van der Waals surface area contributed by atoms with Gasteiger partial charge < -0.3 is 13.7 Å². The SMILES string of the molecule is c1ccc2c(c1)Oc1ccccc1C21c2ccccc2-c2cc(-c3ccc4c(c3)c3ccccc3n4-c3cccc4c3oc3ccccc34)ccc21. The summed E-state index contributed by atoms with van der Waals surface area (Å²) in [5.41, 5.74) is 14.5. The minimum Gasteiger partial charge on any atom is -0.457 e. The standard InChI is InChI=1S/C49H29NO2/c1-4-16-38-32(12-1)36-28-30(24-26-39(36)49(38)40-17-5-9-22-46(40)51-47-23-10-6-18-41(47)49)31-25-27-43-37(29-31)33-13-2-7-19-42(33)50(43)44-20-11-15-35-34-14-3-8-21-45(34)52-48(35)44/h1-29H. The second kappa shape index (κ2) is 10.1. The highest BCUT2D eigenvalue weighted by molar-refractivity contribution is 6.13. The van der Waals surface area contributed by atoms with Crippen LogP contribution < -0.4 is 4.74 Å². The van der Waals surface area contributed by atoms with Gasteiger partial charge in [0.2, 0.25) is 0 Å². The zero-order chi connectivity index (χ0) is 34.0. The predicted octanol–water partition coefficient (Wildman–Crippen LogP) is 12.8. The van der Waals surface area contributed by atoms with E-state index in [2.05, 4.69) is 168 Å². The maximum absolute atomic E-state index is 6.53. The molecule has 8 aromatic carbocycles. The summed E-state index contributed by atoms with van der Waals surface area (Å²) in [6.45, 7) is 0. The molecule has 0 N–H and O–H groups in total. The molecule has 0 saturated carbocycles. The van der Waals surface area contributed by atoms with E-state index >= 15 is 0 Å². The molecule has 1 aliphatic carbocycles. The lowest BCUT2D eigenvalue weighted by Crippen LogP contribution is -2.32. The van der Waals surface area contributed by atoms with E-state index in [1.54, 1.807) is 0 Å². The number of para-hydroxylation sites is 5. The van der Waals surface area contributed by atoms with Crippen LogP contribution in [0.25, 0.3) is 71.7 Å². The Hall–Kier alpha value is -6.84. The highest BCUT2D eigenvalue weighted by Crippen LogP contribution is 2.62. The van der Waals surface area contributed by atoms with E-state index in [0.717, 1.165) is 50.2 Å². The first-order chi connectivity index (χ1) is 25.8. The minimum absolute atomic E-state index is 0.467. The Morgan fingerprint density at radius 1 is 0.404 bits per heavy atom. The number of rotatable bonds is 2. The number of nitrogens with zero attached hydrogens (tertiary/aromatic N) is 1. The van der Waals surface area contributed by atoms with Crippen molar-refractivity contribution in [3.8, 4) is 39.4 Å². The van der Waals surface area contributed by atoms with E-state index in [4.69, 9.17) is 9.15 Å². The van der Waals surface area contributed by atoms with Crippen molar-refractivity contribution in [3.63, 3.8) is 0 Å². The summed E-state index contributed by atoms with van der Waals surface area (Å²) in [7, 11) is 0. The number of fused-ring (bicyclic) bond motifs is 15. The van der Waals surface area contributed by atoms with Crippen molar-refractivity contribution in [1.82, 2.24) is 4.57 Å². The third-order valence-electron chi connectivity index (χ3n) is 11.5. The van der Waals surface area contributed by atoms with E-state index in [1.807, 2.05) is 12.1 Å². The zero-order valence-corrected chi connectivity index (χ0v) is 28.0. The molecular weight excluding hydrogens is 635 g/mol. The van der Waals surface area contributed by atoms with Crippen LogP contribution in [0.4, 0.5) is 0 Å². The van der Waals surface area contributed by atoms with Crippen LogP contribution in [-0.4, -0.2) is 4.57 Å². The molecule has 0 fully saturated rings. The van der Waals surface area contributed by atoms with Crippen LogP contribution in [0.15, 0.2) is 180 Å². The van der Waals surface area contributed by atoms with Gasteiger partial charge in [-0.1, -0.05) is 127 Å². The Bertz CT molecular complexity index is 3080. The van der Waals surface area contributed by atoms with Gasteiger partial charge >= 0.3 is 0 Å². The second-order valence-electron chi connectivity index (χ2n) is 14.0. The van der Waals surface area contributed by atoms with Gasteiger partial charge in [0, 0.05) is 32.7 Å². The first kappa shape index (κ1) is 27.9. The number of aromatic nitrogens is 1. The fourth-order valence-electron chi connectivity index (χ4n) is 9.36. The summed E-state index contributed by atoms with van der Waals surface area (Å²) in [6, 6.07) is 63.4. The second-order valence-corrected chi connectivity index (χ2v) is 14.0. The Labute approximate surface area is 299 Å². The predicted molar refractivity (Wildman–Crippen MR) is 211 cm³/mol. The van der Waals surface area contributed by atoms with E-state index in [0.29, 0.717) is 0 Å². The number of benzene rings is 8. The molecule has 0 atom stereocenters. The van der Waals surface area contributed by atoms with Crippen LogP contribution in [0.2, 0.25) is 0 Å². The molecule has 12 rings (SSSR count).